The van der Waals surface area contributed by atoms with Crippen LogP contribution < -0.4 is 5.48 Å². The lowest BCUT2D eigenvalue weighted by molar-refractivity contribution is -0.124. The van der Waals surface area contributed by atoms with Crippen molar-refractivity contribution in [3.63, 3.8) is 0 Å². The fraction of sp³-hybridized carbons (Fsp3) is 0.0952. The first-order valence-corrected chi connectivity index (χ1v) is 8.43. The first-order chi connectivity index (χ1) is 13.1. The summed E-state index contributed by atoms with van der Waals surface area (Å²) in [5.74, 6) is 0.0668. The highest BCUT2D eigenvalue weighted by Crippen LogP contribution is 2.23. The average Bonchev–Trinajstić information content (AvgIpc) is 3.12. The summed E-state index contributed by atoms with van der Waals surface area (Å²) in [6, 6.07) is 17.2. The van der Waals surface area contributed by atoms with Gasteiger partial charge >= 0.3 is 0 Å². The summed E-state index contributed by atoms with van der Waals surface area (Å²) >= 11 is 0. The van der Waals surface area contributed by atoms with Gasteiger partial charge in [0.05, 0.1) is 5.69 Å². The van der Waals surface area contributed by atoms with E-state index in [4.69, 9.17) is 5.21 Å². The molecule has 1 amide bonds. The predicted molar refractivity (Wildman–Crippen MR) is 102 cm³/mol. The van der Waals surface area contributed by atoms with Gasteiger partial charge in [0.1, 0.15) is 11.5 Å². The maximum Gasteiger partial charge on any atom is 0.267 e. The Morgan fingerprint density at radius 2 is 1.81 bits per heavy atom. The molecule has 0 saturated carbocycles. The van der Waals surface area contributed by atoms with Crippen molar-refractivity contribution in [1.82, 2.24) is 15.4 Å². The zero-order valence-electron chi connectivity index (χ0n) is 14.8. The van der Waals surface area contributed by atoms with E-state index in [2.05, 4.69) is 9.97 Å². The van der Waals surface area contributed by atoms with E-state index >= 15 is 0 Å². The fourth-order valence-electron chi connectivity index (χ4n) is 2.71. The number of hydrogen-bond donors (Lipinski definition) is 3. The molecule has 136 valence electrons. The van der Waals surface area contributed by atoms with Gasteiger partial charge in [0.15, 0.2) is 5.78 Å². The summed E-state index contributed by atoms with van der Waals surface area (Å²) in [5, 5.41) is 8.48. The number of rotatable bonds is 6. The molecule has 3 N–H and O–H groups in total. The molecule has 0 atom stereocenters. The van der Waals surface area contributed by atoms with Crippen LogP contribution in [0.3, 0.4) is 0 Å². The van der Waals surface area contributed by atoms with Gasteiger partial charge in [0.25, 0.3) is 5.91 Å². The van der Waals surface area contributed by atoms with Crippen LogP contribution in [0.25, 0.3) is 17.3 Å². The Morgan fingerprint density at radius 3 is 2.44 bits per heavy atom. The van der Waals surface area contributed by atoms with Crippen molar-refractivity contribution < 1.29 is 14.8 Å². The Balaban J connectivity index is 1.81. The summed E-state index contributed by atoms with van der Waals surface area (Å²) in [7, 11) is 0. The summed E-state index contributed by atoms with van der Waals surface area (Å²) in [6.07, 6.45) is 3.39. The van der Waals surface area contributed by atoms with Crippen molar-refractivity contribution in [2.75, 3.05) is 0 Å². The quantitative estimate of drug-likeness (QED) is 0.271. The lowest BCUT2D eigenvalue weighted by atomic mass is 10.1. The van der Waals surface area contributed by atoms with Crippen molar-refractivity contribution >= 4 is 17.8 Å². The molecule has 0 aliphatic heterocycles. The van der Waals surface area contributed by atoms with Gasteiger partial charge in [0, 0.05) is 25.0 Å². The lowest BCUT2D eigenvalue weighted by Gasteiger charge is -2.00. The third-order valence-corrected chi connectivity index (χ3v) is 4.04. The average molecular weight is 361 g/mol. The van der Waals surface area contributed by atoms with E-state index in [0.717, 1.165) is 16.7 Å². The molecule has 1 heterocycles. The van der Waals surface area contributed by atoms with Crippen LogP contribution in [0.4, 0.5) is 0 Å². The maximum atomic E-state index is 12.0. The minimum Gasteiger partial charge on any atom is -0.339 e. The van der Waals surface area contributed by atoms with Crippen LogP contribution in [0.5, 0.6) is 0 Å². The number of benzene rings is 2. The number of ketones is 1. The molecule has 0 bridgehead atoms. The molecule has 2 aromatic carbocycles. The zero-order valence-corrected chi connectivity index (χ0v) is 14.8. The number of Topliss-reactive ketones (excluding diaryl/α,β-unsaturated/α-hetero) is 1. The second-order valence-corrected chi connectivity index (χ2v) is 6.06. The molecule has 0 aliphatic carbocycles. The molecular formula is C21H19N3O3. The number of carbonyl (C=O) groups is 2. The van der Waals surface area contributed by atoms with Crippen LogP contribution in [0, 0.1) is 0 Å². The number of H-pyrrole nitrogens is 1. The summed E-state index contributed by atoms with van der Waals surface area (Å²) in [6.45, 7) is 1.52. The number of aromatic nitrogens is 2. The van der Waals surface area contributed by atoms with Crippen molar-refractivity contribution in [2.24, 2.45) is 0 Å². The summed E-state index contributed by atoms with van der Waals surface area (Å²) in [5.41, 5.74) is 5.45. The van der Waals surface area contributed by atoms with Crippen LogP contribution in [-0.4, -0.2) is 26.9 Å². The van der Waals surface area contributed by atoms with Crippen LogP contribution >= 0.6 is 0 Å². The molecule has 1 aromatic heterocycles. The molecule has 0 unspecified atom stereocenters. The Bertz CT molecular complexity index is 974. The maximum absolute atomic E-state index is 12.0. The SMILES string of the molecule is CC(=O)c1[nH]c(Cc2ccc(/C=C/C(=O)NO)cc2)nc1-c1ccccc1. The van der Waals surface area contributed by atoms with E-state index in [0.29, 0.717) is 23.6 Å². The normalized spacial score (nSPS) is 10.9. The number of carbonyl (C=O) groups excluding carboxylic acids is 2. The fourth-order valence-corrected chi connectivity index (χ4v) is 2.71. The minimum atomic E-state index is -0.583. The van der Waals surface area contributed by atoms with Gasteiger partial charge in [-0.15, -0.1) is 0 Å². The summed E-state index contributed by atoms with van der Waals surface area (Å²) < 4.78 is 0. The smallest absolute Gasteiger partial charge is 0.267 e. The summed E-state index contributed by atoms with van der Waals surface area (Å²) in [4.78, 5) is 30.7. The number of nitrogens with zero attached hydrogens (tertiary/aromatic N) is 1. The van der Waals surface area contributed by atoms with Gasteiger partial charge in [-0.25, -0.2) is 10.5 Å². The lowest BCUT2D eigenvalue weighted by Crippen LogP contribution is -2.14. The van der Waals surface area contributed by atoms with Gasteiger partial charge in [-0.2, -0.15) is 0 Å². The van der Waals surface area contributed by atoms with E-state index < -0.39 is 5.91 Å². The molecular weight excluding hydrogens is 342 g/mol. The monoisotopic (exact) mass is 361 g/mol. The van der Waals surface area contributed by atoms with Crippen molar-refractivity contribution in [3.05, 3.63) is 83.3 Å². The van der Waals surface area contributed by atoms with Gasteiger partial charge in [-0.3, -0.25) is 14.8 Å². The molecule has 0 radical (unpaired) electrons. The highest BCUT2D eigenvalue weighted by atomic mass is 16.5. The van der Waals surface area contributed by atoms with Crippen molar-refractivity contribution in [1.29, 1.82) is 0 Å². The number of imidazole rings is 1. The molecule has 0 fully saturated rings. The van der Waals surface area contributed by atoms with Crippen molar-refractivity contribution in [2.45, 2.75) is 13.3 Å². The van der Waals surface area contributed by atoms with Crippen LogP contribution in [0.15, 0.2) is 60.7 Å². The minimum absolute atomic E-state index is 0.0600. The van der Waals surface area contributed by atoms with Gasteiger partial charge in [-0.1, -0.05) is 54.6 Å². The van der Waals surface area contributed by atoms with Crippen LogP contribution in [-0.2, 0) is 11.2 Å². The van der Waals surface area contributed by atoms with Crippen molar-refractivity contribution in [3.8, 4) is 11.3 Å². The molecule has 0 saturated heterocycles. The van der Waals surface area contributed by atoms with Crippen LogP contribution in [0.1, 0.15) is 34.4 Å². The third kappa shape index (κ3) is 4.56. The number of hydrogen-bond acceptors (Lipinski definition) is 4. The van der Waals surface area contributed by atoms with E-state index in [1.165, 1.54) is 13.0 Å². The van der Waals surface area contributed by atoms with Gasteiger partial charge in [-0.05, 0) is 17.2 Å². The predicted octanol–water partition coefficient (Wildman–Crippen LogP) is 3.39. The largest absolute Gasteiger partial charge is 0.339 e. The first kappa shape index (κ1) is 18.3. The molecule has 0 spiro atoms. The highest BCUT2D eigenvalue weighted by Gasteiger charge is 2.15. The Labute approximate surface area is 156 Å². The van der Waals surface area contributed by atoms with E-state index in [9.17, 15) is 9.59 Å². The molecule has 6 heteroatoms. The number of nitrogens with one attached hydrogen (secondary N) is 2. The van der Waals surface area contributed by atoms with Crippen LogP contribution in [0.2, 0.25) is 0 Å². The number of hydroxylamine groups is 1. The highest BCUT2D eigenvalue weighted by molar-refractivity contribution is 5.98. The Kier molecular flexibility index (Phi) is 5.58. The molecule has 3 aromatic rings. The van der Waals surface area contributed by atoms with Gasteiger partial charge < -0.3 is 4.98 Å². The second-order valence-electron chi connectivity index (χ2n) is 6.06. The van der Waals surface area contributed by atoms with E-state index in [1.807, 2.05) is 54.6 Å². The second kappa shape index (κ2) is 8.25. The Hall–Kier alpha value is -3.51. The van der Waals surface area contributed by atoms with Gasteiger partial charge in [0.2, 0.25) is 0 Å². The standard InChI is InChI=1S/C21H19N3O3/c1-14(25)20-21(17-5-3-2-4-6-17)23-18(22-20)13-16-9-7-15(8-10-16)11-12-19(26)24-27/h2-12,27H,13H2,1H3,(H,22,23)(H,24,26)/b12-11+. The van der Waals surface area contributed by atoms with E-state index in [-0.39, 0.29) is 5.78 Å². The third-order valence-electron chi connectivity index (χ3n) is 4.04. The number of aromatic amines is 1. The topological polar surface area (TPSA) is 95.1 Å². The molecule has 27 heavy (non-hydrogen) atoms. The first-order valence-electron chi connectivity index (χ1n) is 8.43. The zero-order chi connectivity index (χ0) is 19.2. The number of amides is 1. The molecule has 0 aliphatic rings. The van der Waals surface area contributed by atoms with E-state index in [1.54, 1.807) is 11.6 Å². The molecule has 3 rings (SSSR count). The Morgan fingerprint density at radius 1 is 1.11 bits per heavy atom. The molecule has 6 nitrogen and oxygen atoms in total.